The summed E-state index contributed by atoms with van der Waals surface area (Å²) >= 11 is 0. The van der Waals surface area contributed by atoms with Crippen LogP contribution in [0.1, 0.15) is 74.1 Å². The van der Waals surface area contributed by atoms with Gasteiger partial charge < -0.3 is 4.74 Å². The third-order valence-electron chi connectivity index (χ3n) is 5.86. The summed E-state index contributed by atoms with van der Waals surface area (Å²) < 4.78 is 6.50. The molecule has 126 valence electrons. The van der Waals surface area contributed by atoms with Crippen molar-refractivity contribution in [3.05, 3.63) is 23.0 Å². The van der Waals surface area contributed by atoms with Crippen LogP contribution in [0.5, 0.6) is 0 Å². The van der Waals surface area contributed by atoms with Crippen LogP contribution in [0.2, 0.25) is 0 Å². The highest BCUT2D eigenvalue weighted by molar-refractivity contribution is 5.17. The van der Waals surface area contributed by atoms with Gasteiger partial charge in [0.1, 0.15) is 6.10 Å². The Morgan fingerprint density at radius 2 is 1.82 bits per heavy atom. The van der Waals surface area contributed by atoms with E-state index < -0.39 is 0 Å². The second kappa shape index (κ2) is 7.23. The molecule has 0 bridgehead atoms. The molecular formula is C21H36O. The van der Waals surface area contributed by atoms with Crippen molar-refractivity contribution in [3.8, 4) is 0 Å². The maximum absolute atomic E-state index is 6.50. The third kappa shape index (κ3) is 4.18. The average Bonchev–Trinajstić information content (AvgIpc) is 2.39. The van der Waals surface area contributed by atoms with Crippen molar-refractivity contribution in [2.45, 2.75) is 80.3 Å². The molecule has 5 unspecified atom stereocenters. The Hall–Kier alpha value is -0.720. The Morgan fingerprint density at radius 3 is 2.36 bits per heavy atom. The number of allylic oxidation sites excluding steroid dienone is 3. The highest BCUT2D eigenvalue weighted by Gasteiger charge is 2.30. The normalized spacial score (nSPS) is 36.5. The Bertz CT molecular complexity index is 443. The van der Waals surface area contributed by atoms with Gasteiger partial charge in [-0.15, -0.1) is 0 Å². The fraction of sp³-hybridized carbons (Fsp3) is 0.810. The van der Waals surface area contributed by atoms with Crippen molar-refractivity contribution in [1.29, 1.82) is 0 Å². The van der Waals surface area contributed by atoms with E-state index in [1.54, 1.807) is 0 Å². The Labute approximate surface area is 138 Å². The van der Waals surface area contributed by atoms with E-state index in [-0.39, 0.29) is 0 Å². The Kier molecular flexibility index (Phi) is 5.80. The molecule has 0 spiro atoms. The number of rotatable bonds is 4. The van der Waals surface area contributed by atoms with Crippen LogP contribution in [-0.2, 0) is 4.74 Å². The maximum atomic E-state index is 6.50. The van der Waals surface area contributed by atoms with Crippen molar-refractivity contribution < 1.29 is 4.74 Å². The third-order valence-corrected chi connectivity index (χ3v) is 5.86. The van der Waals surface area contributed by atoms with Crippen LogP contribution in [0.25, 0.3) is 0 Å². The lowest BCUT2D eigenvalue weighted by atomic mass is 9.78. The zero-order valence-corrected chi connectivity index (χ0v) is 15.8. The van der Waals surface area contributed by atoms with Crippen LogP contribution < -0.4 is 0 Å². The molecular weight excluding hydrogens is 268 g/mol. The zero-order chi connectivity index (χ0) is 16.4. The predicted octanol–water partition coefficient (Wildman–Crippen LogP) is 6.36. The van der Waals surface area contributed by atoms with Crippen LogP contribution >= 0.6 is 0 Å². The molecule has 0 fully saturated rings. The number of ether oxygens (including phenoxy) is 1. The summed E-state index contributed by atoms with van der Waals surface area (Å²) in [5.41, 5.74) is 3.00. The van der Waals surface area contributed by atoms with Crippen LogP contribution in [0, 0.1) is 29.6 Å². The van der Waals surface area contributed by atoms with E-state index in [9.17, 15) is 0 Å². The van der Waals surface area contributed by atoms with Crippen molar-refractivity contribution in [2.75, 3.05) is 0 Å². The molecule has 2 rings (SSSR count). The topological polar surface area (TPSA) is 9.23 Å². The SMILES string of the molecule is CC1=CC(OC2=C(C)CC(CC(C)C)CC2C)CC(C)C1C. The van der Waals surface area contributed by atoms with E-state index in [1.165, 1.54) is 36.2 Å². The number of hydrogen-bond donors (Lipinski definition) is 0. The molecule has 22 heavy (non-hydrogen) atoms. The summed E-state index contributed by atoms with van der Waals surface area (Å²) in [5, 5.41) is 0. The van der Waals surface area contributed by atoms with Crippen LogP contribution in [0.15, 0.2) is 23.0 Å². The van der Waals surface area contributed by atoms with Crippen molar-refractivity contribution in [3.63, 3.8) is 0 Å². The molecule has 0 aliphatic heterocycles. The van der Waals surface area contributed by atoms with Gasteiger partial charge in [0.15, 0.2) is 0 Å². The molecule has 5 atom stereocenters. The van der Waals surface area contributed by atoms with E-state index in [1.807, 2.05) is 0 Å². The Balaban J connectivity index is 2.06. The molecule has 0 aromatic rings. The van der Waals surface area contributed by atoms with Gasteiger partial charge >= 0.3 is 0 Å². The maximum Gasteiger partial charge on any atom is 0.117 e. The molecule has 0 N–H and O–H groups in total. The zero-order valence-electron chi connectivity index (χ0n) is 15.8. The van der Waals surface area contributed by atoms with Gasteiger partial charge in [-0.05, 0) is 74.9 Å². The lowest BCUT2D eigenvalue weighted by Gasteiger charge is -2.36. The second-order valence-corrected chi connectivity index (χ2v) is 8.55. The van der Waals surface area contributed by atoms with E-state index in [2.05, 4.69) is 54.5 Å². The molecule has 1 nitrogen and oxygen atoms in total. The fourth-order valence-corrected chi connectivity index (χ4v) is 4.49. The molecule has 2 aliphatic carbocycles. The van der Waals surface area contributed by atoms with Crippen LogP contribution in [-0.4, -0.2) is 6.10 Å². The minimum atomic E-state index is 0.292. The van der Waals surface area contributed by atoms with E-state index in [0.717, 1.165) is 24.2 Å². The van der Waals surface area contributed by atoms with Crippen LogP contribution in [0.4, 0.5) is 0 Å². The van der Waals surface area contributed by atoms with Crippen molar-refractivity contribution in [1.82, 2.24) is 0 Å². The molecule has 0 aromatic heterocycles. The lowest BCUT2D eigenvalue weighted by Crippen LogP contribution is -2.28. The summed E-state index contributed by atoms with van der Waals surface area (Å²) in [7, 11) is 0. The smallest absolute Gasteiger partial charge is 0.117 e. The van der Waals surface area contributed by atoms with Gasteiger partial charge in [-0.1, -0.05) is 40.2 Å². The Morgan fingerprint density at radius 1 is 1.14 bits per heavy atom. The number of hydrogen-bond acceptors (Lipinski definition) is 1. The predicted molar refractivity (Wildman–Crippen MR) is 95.6 cm³/mol. The van der Waals surface area contributed by atoms with Crippen LogP contribution in [0.3, 0.4) is 0 Å². The first-order valence-electron chi connectivity index (χ1n) is 9.32. The van der Waals surface area contributed by atoms with Gasteiger partial charge in [-0.25, -0.2) is 0 Å². The molecule has 0 amide bonds. The highest BCUT2D eigenvalue weighted by atomic mass is 16.5. The van der Waals surface area contributed by atoms with E-state index >= 15 is 0 Å². The highest BCUT2D eigenvalue weighted by Crippen LogP contribution is 2.39. The summed E-state index contributed by atoms with van der Waals surface area (Å²) in [6.45, 7) is 16.3. The molecule has 1 heteroatoms. The monoisotopic (exact) mass is 304 g/mol. The van der Waals surface area contributed by atoms with Gasteiger partial charge in [0.2, 0.25) is 0 Å². The van der Waals surface area contributed by atoms with Gasteiger partial charge in [0.05, 0.1) is 5.76 Å². The standard InChI is InChI=1S/C21H36O/c1-13(2)8-19-9-16(5)21(17(6)10-19)22-20-11-14(3)18(7)15(4)12-20/h11,13,15-16,18-20H,8-10,12H2,1-7H3. The minimum absolute atomic E-state index is 0.292. The molecule has 0 heterocycles. The largest absolute Gasteiger partial charge is 0.490 e. The van der Waals surface area contributed by atoms with E-state index in [4.69, 9.17) is 4.74 Å². The fourth-order valence-electron chi connectivity index (χ4n) is 4.49. The molecule has 0 saturated carbocycles. The summed E-state index contributed by atoms with van der Waals surface area (Å²) in [4.78, 5) is 0. The average molecular weight is 305 g/mol. The lowest BCUT2D eigenvalue weighted by molar-refractivity contribution is 0.0805. The van der Waals surface area contributed by atoms with Gasteiger partial charge in [0.25, 0.3) is 0 Å². The summed E-state index contributed by atoms with van der Waals surface area (Å²) in [6.07, 6.45) is 7.72. The quantitative estimate of drug-likeness (QED) is 0.549. The van der Waals surface area contributed by atoms with Crippen molar-refractivity contribution in [2.24, 2.45) is 29.6 Å². The molecule has 0 radical (unpaired) electrons. The first-order valence-corrected chi connectivity index (χ1v) is 9.32. The minimum Gasteiger partial charge on any atom is -0.490 e. The molecule has 2 aliphatic rings. The first-order chi connectivity index (χ1) is 10.3. The molecule has 0 aromatic carbocycles. The van der Waals surface area contributed by atoms with Crippen molar-refractivity contribution >= 4 is 0 Å². The summed E-state index contributed by atoms with van der Waals surface area (Å²) in [6, 6.07) is 0. The summed E-state index contributed by atoms with van der Waals surface area (Å²) in [5.74, 6) is 4.97. The molecule has 0 saturated heterocycles. The first kappa shape index (κ1) is 17.6. The van der Waals surface area contributed by atoms with E-state index in [0.29, 0.717) is 17.9 Å². The van der Waals surface area contributed by atoms with Gasteiger partial charge in [-0.2, -0.15) is 0 Å². The second-order valence-electron chi connectivity index (χ2n) is 8.55. The van der Waals surface area contributed by atoms with Gasteiger partial charge in [-0.3, -0.25) is 0 Å². The van der Waals surface area contributed by atoms with Gasteiger partial charge in [0, 0.05) is 5.92 Å².